The Bertz CT molecular complexity index is 1110. The summed E-state index contributed by atoms with van der Waals surface area (Å²) >= 11 is 18.4. The third-order valence-electron chi connectivity index (χ3n) is 5.00. The second kappa shape index (κ2) is 10.6. The number of hydrogen-bond donors (Lipinski definition) is 1. The Hall–Kier alpha value is -2.15. The van der Waals surface area contributed by atoms with Crippen LogP contribution in [-0.4, -0.2) is 22.2 Å². The number of rotatable bonds is 9. The monoisotopic (exact) mass is 497 g/mol. The number of furan rings is 1. The number of aromatic nitrogens is 2. The van der Waals surface area contributed by atoms with Gasteiger partial charge in [-0.3, -0.25) is 9.48 Å². The molecule has 0 saturated heterocycles. The van der Waals surface area contributed by atoms with Crippen LogP contribution in [0.3, 0.4) is 0 Å². The first-order valence-electron chi connectivity index (χ1n) is 10.4. The van der Waals surface area contributed by atoms with Gasteiger partial charge in [-0.25, -0.2) is 0 Å². The average molecular weight is 499 g/mol. The van der Waals surface area contributed by atoms with Crippen molar-refractivity contribution in [2.75, 3.05) is 6.54 Å². The van der Waals surface area contributed by atoms with Crippen LogP contribution in [-0.2, 0) is 13.2 Å². The van der Waals surface area contributed by atoms with Crippen molar-refractivity contribution in [2.24, 2.45) is 0 Å². The highest BCUT2D eigenvalue weighted by Gasteiger charge is 2.15. The molecule has 0 saturated carbocycles. The summed E-state index contributed by atoms with van der Waals surface area (Å²) < 4.78 is 13.2. The fourth-order valence-corrected chi connectivity index (χ4v) is 3.74. The van der Waals surface area contributed by atoms with Crippen LogP contribution < -0.4 is 10.1 Å². The van der Waals surface area contributed by atoms with Gasteiger partial charge in [-0.05, 0) is 61.6 Å². The predicted octanol–water partition coefficient (Wildman–Crippen LogP) is 6.58. The number of hydrogen-bond acceptors (Lipinski definition) is 4. The molecule has 0 unspecified atom stereocenters. The molecule has 0 aliphatic rings. The van der Waals surface area contributed by atoms with E-state index in [0.717, 1.165) is 16.9 Å². The summed E-state index contributed by atoms with van der Waals surface area (Å²) in [5, 5.41) is 8.66. The van der Waals surface area contributed by atoms with E-state index in [0.29, 0.717) is 46.2 Å². The number of ether oxygens (including phenoxy) is 1. The summed E-state index contributed by atoms with van der Waals surface area (Å²) in [6.45, 7) is 9.10. The van der Waals surface area contributed by atoms with Crippen LogP contribution in [0.5, 0.6) is 5.75 Å². The Morgan fingerprint density at radius 2 is 1.97 bits per heavy atom. The van der Waals surface area contributed by atoms with Gasteiger partial charge in [0.15, 0.2) is 5.76 Å². The van der Waals surface area contributed by atoms with E-state index in [4.69, 9.17) is 44.0 Å². The minimum atomic E-state index is -0.290. The van der Waals surface area contributed by atoms with Gasteiger partial charge in [-0.15, -0.1) is 0 Å². The zero-order valence-corrected chi connectivity index (χ0v) is 20.7. The second-order valence-electron chi connectivity index (χ2n) is 7.87. The van der Waals surface area contributed by atoms with Gasteiger partial charge in [0.05, 0.1) is 5.69 Å². The molecule has 6 nitrogen and oxygen atoms in total. The number of halogens is 3. The maximum Gasteiger partial charge on any atom is 0.286 e. The molecule has 3 aromatic rings. The molecule has 0 atom stereocenters. The third kappa shape index (κ3) is 5.80. The topological polar surface area (TPSA) is 69.3 Å². The number of carbonyl (C=O) groups is 1. The predicted molar refractivity (Wildman–Crippen MR) is 127 cm³/mol. The van der Waals surface area contributed by atoms with E-state index < -0.39 is 0 Å². The third-order valence-corrected chi connectivity index (χ3v) is 6.34. The number of aryl methyl sites for hydroxylation is 3. The molecule has 172 valence electrons. The number of nitrogens with one attached hydrogen (secondary N) is 1. The van der Waals surface area contributed by atoms with Gasteiger partial charge in [0.1, 0.15) is 28.3 Å². The van der Waals surface area contributed by atoms with E-state index in [1.54, 1.807) is 23.7 Å². The van der Waals surface area contributed by atoms with E-state index in [-0.39, 0.29) is 24.2 Å². The first kappa shape index (κ1) is 24.5. The molecule has 0 spiro atoms. The summed E-state index contributed by atoms with van der Waals surface area (Å²) in [7, 11) is 0. The Balaban J connectivity index is 1.51. The quantitative estimate of drug-likeness (QED) is 0.338. The first-order valence-corrected chi connectivity index (χ1v) is 11.5. The molecular formula is C23H26Cl3N3O3. The summed E-state index contributed by atoms with van der Waals surface area (Å²) in [5.41, 5.74) is 2.65. The fourth-order valence-electron chi connectivity index (χ4n) is 3.17. The van der Waals surface area contributed by atoms with Crippen LogP contribution in [0.4, 0.5) is 0 Å². The van der Waals surface area contributed by atoms with Crippen LogP contribution in [0.15, 0.2) is 28.7 Å². The van der Waals surface area contributed by atoms with Crippen LogP contribution in [0.1, 0.15) is 59.3 Å². The summed E-state index contributed by atoms with van der Waals surface area (Å²) in [6, 6.07) is 7.23. The van der Waals surface area contributed by atoms with E-state index in [2.05, 4.69) is 24.3 Å². The Labute approximate surface area is 202 Å². The minimum Gasteiger partial charge on any atom is -0.485 e. The van der Waals surface area contributed by atoms with E-state index in [1.165, 1.54) is 0 Å². The molecule has 2 heterocycles. The molecule has 1 amide bonds. The lowest BCUT2D eigenvalue weighted by Gasteiger charge is -2.15. The van der Waals surface area contributed by atoms with Gasteiger partial charge in [0, 0.05) is 18.1 Å². The maximum atomic E-state index is 12.4. The van der Waals surface area contributed by atoms with Gasteiger partial charge in [0.2, 0.25) is 0 Å². The highest BCUT2D eigenvalue weighted by Crippen LogP contribution is 2.32. The van der Waals surface area contributed by atoms with Gasteiger partial charge in [-0.2, -0.15) is 5.10 Å². The van der Waals surface area contributed by atoms with Crippen molar-refractivity contribution in [2.45, 2.75) is 53.2 Å². The summed E-state index contributed by atoms with van der Waals surface area (Å²) in [4.78, 5) is 12.4. The Kier molecular flexibility index (Phi) is 8.15. The van der Waals surface area contributed by atoms with Crippen molar-refractivity contribution in [1.82, 2.24) is 15.1 Å². The lowest BCUT2D eigenvalue weighted by Crippen LogP contribution is -2.25. The number of amides is 1. The number of benzene rings is 1. The molecule has 0 aliphatic heterocycles. The lowest BCUT2D eigenvalue weighted by atomic mass is 10.0. The largest absolute Gasteiger partial charge is 0.485 e. The molecule has 2 aromatic heterocycles. The van der Waals surface area contributed by atoms with Gasteiger partial charge in [-0.1, -0.05) is 48.7 Å². The standard InChI is InChI=1S/C23H26Cl3N3O3/c1-13(2)17-11-18(24)14(3)10-20(17)31-12-16-6-7-19(32-16)23(30)27-8-5-9-29-22(26)21(25)15(4)28-29/h6-7,10-11,13H,5,8-9,12H2,1-4H3,(H,27,30). The maximum absolute atomic E-state index is 12.4. The van der Waals surface area contributed by atoms with Crippen LogP contribution in [0, 0.1) is 13.8 Å². The van der Waals surface area contributed by atoms with Crippen molar-refractivity contribution in [1.29, 1.82) is 0 Å². The first-order chi connectivity index (χ1) is 15.2. The van der Waals surface area contributed by atoms with Crippen molar-refractivity contribution in [3.63, 3.8) is 0 Å². The van der Waals surface area contributed by atoms with Crippen molar-refractivity contribution < 1.29 is 13.9 Å². The van der Waals surface area contributed by atoms with Gasteiger partial charge >= 0.3 is 0 Å². The highest BCUT2D eigenvalue weighted by molar-refractivity contribution is 6.41. The number of nitrogens with zero attached hydrogens (tertiary/aromatic N) is 2. The molecule has 0 fully saturated rings. The molecule has 32 heavy (non-hydrogen) atoms. The van der Waals surface area contributed by atoms with E-state index in [1.807, 2.05) is 19.1 Å². The summed E-state index contributed by atoms with van der Waals surface area (Å²) in [6.07, 6.45) is 0.646. The molecule has 0 bridgehead atoms. The normalized spacial score (nSPS) is 11.2. The van der Waals surface area contributed by atoms with Crippen LogP contribution in [0.25, 0.3) is 0 Å². The zero-order chi connectivity index (χ0) is 23.4. The SMILES string of the molecule is Cc1cc(OCc2ccc(C(=O)NCCCn3nc(C)c(Cl)c3Cl)o2)c(C(C)C)cc1Cl. The summed E-state index contributed by atoms with van der Waals surface area (Å²) in [5.74, 6) is 1.53. The smallest absolute Gasteiger partial charge is 0.286 e. The molecule has 9 heteroatoms. The Morgan fingerprint density at radius 1 is 1.22 bits per heavy atom. The molecular weight excluding hydrogens is 473 g/mol. The average Bonchev–Trinajstić information content (AvgIpc) is 3.32. The van der Waals surface area contributed by atoms with Crippen LogP contribution >= 0.6 is 34.8 Å². The van der Waals surface area contributed by atoms with Crippen molar-refractivity contribution in [3.05, 3.63) is 67.8 Å². The lowest BCUT2D eigenvalue weighted by molar-refractivity contribution is 0.0920. The molecule has 0 radical (unpaired) electrons. The fraction of sp³-hybridized carbons (Fsp3) is 0.391. The molecule has 3 rings (SSSR count). The van der Waals surface area contributed by atoms with Gasteiger partial charge < -0.3 is 14.5 Å². The van der Waals surface area contributed by atoms with E-state index >= 15 is 0 Å². The van der Waals surface area contributed by atoms with Gasteiger partial charge in [0.25, 0.3) is 5.91 Å². The molecule has 1 N–H and O–H groups in total. The van der Waals surface area contributed by atoms with E-state index in [9.17, 15) is 4.79 Å². The molecule has 1 aromatic carbocycles. The molecule has 0 aliphatic carbocycles. The second-order valence-corrected chi connectivity index (χ2v) is 9.01. The minimum absolute atomic E-state index is 0.214. The van der Waals surface area contributed by atoms with Crippen molar-refractivity contribution >= 4 is 40.7 Å². The van der Waals surface area contributed by atoms with Crippen molar-refractivity contribution in [3.8, 4) is 5.75 Å². The zero-order valence-electron chi connectivity index (χ0n) is 18.5. The van der Waals surface area contributed by atoms with Crippen LogP contribution in [0.2, 0.25) is 15.2 Å². The highest BCUT2D eigenvalue weighted by atomic mass is 35.5. The number of carbonyl (C=O) groups excluding carboxylic acids is 1. The Morgan fingerprint density at radius 3 is 2.62 bits per heavy atom.